The van der Waals surface area contributed by atoms with Gasteiger partial charge in [-0.15, -0.1) is 0 Å². The molecule has 0 aliphatic carbocycles. The Hall–Kier alpha value is -2.33. The molecule has 6 nitrogen and oxygen atoms in total. The molecule has 0 saturated carbocycles. The third kappa shape index (κ3) is 3.95. The van der Waals surface area contributed by atoms with Gasteiger partial charge in [0, 0.05) is 5.69 Å². The van der Waals surface area contributed by atoms with Crippen molar-refractivity contribution in [1.82, 2.24) is 5.32 Å². The van der Waals surface area contributed by atoms with E-state index in [0.29, 0.717) is 6.07 Å². The zero-order valence-corrected chi connectivity index (χ0v) is 12.8. The number of hydrogen-bond acceptors (Lipinski definition) is 6. The highest BCUT2D eigenvalue weighted by Gasteiger charge is 2.36. The van der Waals surface area contributed by atoms with Gasteiger partial charge in [-0.3, -0.25) is 5.73 Å². The molecule has 1 atom stereocenters. The van der Waals surface area contributed by atoms with E-state index >= 15 is 0 Å². The number of hydrogen-bond donors (Lipinski definition) is 3. The lowest BCUT2D eigenvalue weighted by Crippen LogP contribution is -2.49. The van der Waals surface area contributed by atoms with Gasteiger partial charge in [0.05, 0.1) is 24.5 Å². The number of allylic oxidation sites excluding steroid dienone is 1. The van der Waals surface area contributed by atoms with Crippen LogP contribution in [0.5, 0.6) is 0 Å². The molecule has 0 spiro atoms. The maximum atomic E-state index is 13.7. The molecule has 2 rings (SSSR count). The zero-order chi connectivity index (χ0) is 18.1. The van der Waals surface area contributed by atoms with Gasteiger partial charge in [-0.25, -0.2) is 14.2 Å². The first-order chi connectivity index (χ1) is 11.0. The number of benzene rings is 1. The molecule has 1 aliphatic heterocycles. The number of carbonyl (C=O) groups is 1. The van der Waals surface area contributed by atoms with E-state index in [4.69, 9.17) is 17.3 Å². The molecule has 4 N–H and O–H groups in total. The van der Waals surface area contributed by atoms with E-state index in [1.807, 2.05) is 0 Å². The number of aliphatic imine (C=N–C) groups is 1. The minimum absolute atomic E-state index is 0.0242. The van der Waals surface area contributed by atoms with E-state index in [-0.39, 0.29) is 11.5 Å². The lowest BCUT2D eigenvalue weighted by Gasteiger charge is -2.26. The number of halogens is 5. The SMILES string of the molecule is COC(=O)c1cc(NC2=C(F)C=NC(N)(Cl)N2)ccc1C(F)(F)F. The molecular weight excluding hydrogens is 356 g/mol. The van der Waals surface area contributed by atoms with Crippen LogP contribution < -0.4 is 16.4 Å². The van der Waals surface area contributed by atoms with Crippen molar-refractivity contribution >= 4 is 29.5 Å². The van der Waals surface area contributed by atoms with E-state index < -0.39 is 34.3 Å². The molecule has 130 valence electrons. The van der Waals surface area contributed by atoms with E-state index in [9.17, 15) is 22.4 Å². The van der Waals surface area contributed by atoms with Crippen molar-refractivity contribution in [1.29, 1.82) is 0 Å². The number of nitrogens with two attached hydrogens (primary N) is 1. The van der Waals surface area contributed by atoms with Crippen LogP contribution in [0.25, 0.3) is 0 Å². The van der Waals surface area contributed by atoms with Crippen LogP contribution in [0.2, 0.25) is 0 Å². The average Bonchev–Trinajstić information content (AvgIpc) is 2.49. The second kappa shape index (κ2) is 6.29. The second-order valence-electron chi connectivity index (χ2n) is 4.65. The lowest BCUT2D eigenvalue weighted by molar-refractivity contribution is -0.138. The number of nitrogens with one attached hydrogen (secondary N) is 2. The van der Waals surface area contributed by atoms with Crippen molar-refractivity contribution in [2.75, 3.05) is 12.4 Å². The summed E-state index contributed by atoms with van der Waals surface area (Å²) in [5.41, 5.74) is 3.52. The van der Waals surface area contributed by atoms with Gasteiger partial charge in [-0.2, -0.15) is 13.2 Å². The number of ether oxygens (including phenoxy) is 1. The summed E-state index contributed by atoms with van der Waals surface area (Å²) < 4.78 is 56.8. The van der Waals surface area contributed by atoms with E-state index in [2.05, 4.69) is 20.4 Å². The summed E-state index contributed by atoms with van der Waals surface area (Å²) in [4.78, 5) is 15.0. The molecule has 1 unspecified atom stereocenters. The Balaban J connectivity index is 2.39. The molecule has 1 aromatic rings. The van der Waals surface area contributed by atoms with Crippen LogP contribution >= 0.6 is 11.6 Å². The minimum atomic E-state index is -4.76. The van der Waals surface area contributed by atoms with Gasteiger partial charge in [-0.05, 0) is 18.2 Å². The molecule has 0 aromatic heterocycles. The average molecular weight is 367 g/mol. The number of nitrogens with zero attached hydrogens (tertiary/aromatic N) is 1. The zero-order valence-electron chi connectivity index (χ0n) is 12.0. The van der Waals surface area contributed by atoms with Gasteiger partial charge in [0.25, 0.3) is 5.25 Å². The predicted octanol–water partition coefficient (Wildman–Crippen LogP) is 2.53. The fourth-order valence-electron chi connectivity index (χ4n) is 1.87. The monoisotopic (exact) mass is 366 g/mol. The van der Waals surface area contributed by atoms with Gasteiger partial charge >= 0.3 is 12.1 Å². The molecule has 1 heterocycles. The normalized spacial score (nSPS) is 20.6. The van der Waals surface area contributed by atoms with Crippen LogP contribution in [-0.4, -0.2) is 24.5 Å². The van der Waals surface area contributed by atoms with Crippen molar-refractivity contribution in [2.24, 2.45) is 10.7 Å². The van der Waals surface area contributed by atoms with Gasteiger partial charge in [-0.1, -0.05) is 11.6 Å². The first kappa shape index (κ1) is 18.0. The molecule has 0 bridgehead atoms. The third-order valence-electron chi connectivity index (χ3n) is 2.90. The Morgan fingerprint density at radius 3 is 2.71 bits per heavy atom. The largest absolute Gasteiger partial charge is 0.465 e. The van der Waals surface area contributed by atoms with Crippen LogP contribution in [0.1, 0.15) is 15.9 Å². The number of carbonyl (C=O) groups excluding carboxylic acids is 1. The summed E-state index contributed by atoms with van der Waals surface area (Å²) in [6, 6.07) is 2.55. The third-order valence-corrected chi connectivity index (χ3v) is 3.10. The number of alkyl halides is 4. The predicted molar refractivity (Wildman–Crippen MR) is 78.9 cm³/mol. The molecule has 0 radical (unpaired) electrons. The highest BCUT2D eigenvalue weighted by Crippen LogP contribution is 2.34. The number of esters is 1. The Morgan fingerprint density at radius 2 is 2.12 bits per heavy atom. The van der Waals surface area contributed by atoms with Crippen molar-refractivity contribution in [2.45, 2.75) is 11.4 Å². The first-order valence-electron chi connectivity index (χ1n) is 6.31. The number of methoxy groups -OCH3 is 1. The molecule has 0 saturated heterocycles. The first-order valence-corrected chi connectivity index (χ1v) is 6.69. The quantitative estimate of drug-likeness (QED) is 0.331. The van der Waals surface area contributed by atoms with E-state index in [0.717, 1.165) is 25.5 Å². The summed E-state index contributed by atoms with van der Waals surface area (Å²) in [5.74, 6) is -2.39. The second-order valence-corrected chi connectivity index (χ2v) is 5.23. The molecule has 24 heavy (non-hydrogen) atoms. The van der Waals surface area contributed by atoms with Gasteiger partial charge in [0.2, 0.25) is 0 Å². The van der Waals surface area contributed by atoms with Crippen molar-refractivity contribution < 1.29 is 27.1 Å². The van der Waals surface area contributed by atoms with Gasteiger partial charge < -0.3 is 15.4 Å². The highest BCUT2D eigenvalue weighted by atomic mass is 35.5. The summed E-state index contributed by atoms with van der Waals surface area (Å²) in [7, 11) is 0.945. The van der Waals surface area contributed by atoms with Crippen LogP contribution in [0, 0.1) is 0 Å². The van der Waals surface area contributed by atoms with Crippen LogP contribution in [0.4, 0.5) is 23.2 Å². The maximum absolute atomic E-state index is 13.7. The molecule has 1 aliphatic rings. The molecule has 1 aromatic carbocycles. The molecule has 0 fully saturated rings. The van der Waals surface area contributed by atoms with E-state index in [1.165, 1.54) is 0 Å². The topological polar surface area (TPSA) is 88.7 Å². The fraction of sp³-hybridized carbons (Fsp3) is 0.231. The molecule has 0 amide bonds. The van der Waals surface area contributed by atoms with Crippen LogP contribution in [0.3, 0.4) is 0 Å². The molecule has 11 heteroatoms. The summed E-state index contributed by atoms with van der Waals surface area (Å²) in [6.45, 7) is 0. The van der Waals surface area contributed by atoms with Gasteiger partial charge in [0.15, 0.2) is 5.83 Å². The van der Waals surface area contributed by atoms with E-state index in [1.54, 1.807) is 0 Å². The lowest BCUT2D eigenvalue weighted by atomic mass is 10.1. The number of anilines is 1. The summed E-state index contributed by atoms with van der Waals surface area (Å²) >= 11 is 5.69. The summed E-state index contributed by atoms with van der Waals surface area (Å²) in [5, 5.41) is 2.94. The maximum Gasteiger partial charge on any atom is 0.417 e. The Kier molecular flexibility index (Phi) is 4.72. The minimum Gasteiger partial charge on any atom is -0.465 e. The standard InChI is InChI=1S/C13H11ClF4N4O2/c1-24-11(23)7-4-6(2-3-8(7)12(16,17)18)21-10-9(15)5-20-13(14,19)22-10/h2-5,21-22H,19H2,1H3. The van der Waals surface area contributed by atoms with Crippen LogP contribution in [-0.2, 0) is 10.9 Å². The Bertz CT molecular complexity index is 731. The smallest absolute Gasteiger partial charge is 0.417 e. The van der Waals surface area contributed by atoms with Gasteiger partial charge in [0.1, 0.15) is 5.82 Å². The van der Waals surface area contributed by atoms with Crippen LogP contribution in [0.15, 0.2) is 34.8 Å². The van der Waals surface area contributed by atoms with Crippen molar-refractivity contribution in [3.05, 3.63) is 41.0 Å². The number of rotatable bonds is 3. The van der Waals surface area contributed by atoms with Crippen molar-refractivity contribution in [3.8, 4) is 0 Å². The Morgan fingerprint density at radius 1 is 1.46 bits per heavy atom. The Labute approximate surface area is 138 Å². The fourth-order valence-corrected chi connectivity index (χ4v) is 2.01. The summed E-state index contributed by atoms with van der Waals surface area (Å²) in [6.07, 6.45) is -4.01. The molecular formula is C13H11ClF4N4O2. The highest BCUT2D eigenvalue weighted by molar-refractivity contribution is 6.23. The van der Waals surface area contributed by atoms with Crippen molar-refractivity contribution in [3.63, 3.8) is 0 Å².